The second-order valence-electron chi connectivity index (χ2n) is 8.99. The fraction of sp³-hybridized carbons (Fsp3) is 0.700. The molecule has 6 rings (SSSR count). The van der Waals surface area contributed by atoms with Crippen LogP contribution in [-0.4, -0.2) is 52.0 Å². The van der Waals surface area contributed by atoms with Crippen LogP contribution < -0.4 is 10.5 Å². The maximum Gasteiger partial charge on any atom is 0.165 e. The van der Waals surface area contributed by atoms with Crippen molar-refractivity contribution in [3.8, 4) is 11.5 Å². The van der Waals surface area contributed by atoms with Gasteiger partial charge in [-0.2, -0.15) is 0 Å². The Morgan fingerprint density at radius 1 is 1.24 bits per heavy atom. The number of phenols is 1. The van der Waals surface area contributed by atoms with Gasteiger partial charge in [-0.1, -0.05) is 6.07 Å². The first-order valence-corrected chi connectivity index (χ1v) is 9.78. The molecule has 5 heteroatoms. The van der Waals surface area contributed by atoms with Crippen LogP contribution in [-0.2, 0) is 11.8 Å². The lowest BCUT2D eigenvalue weighted by Crippen LogP contribution is -2.77. The van der Waals surface area contributed by atoms with Gasteiger partial charge in [0.15, 0.2) is 11.5 Å². The summed E-state index contributed by atoms with van der Waals surface area (Å²) in [5, 5.41) is 22.5. The Labute approximate surface area is 147 Å². The van der Waals surface area contributed by atoms with Gasteiger partial charge in [-0.15, -0.1) is 0 Å². The third-order valence-electron chi connectivity index (χ3n) is 7.81. The van der Waals surface area contributed by atoms with Crippen molar-refractivity contribution in [1.82, 2.24) is 4.90 Å². The zero-order valence-electron chi connectivity index (χ0n) is 14.4. The molecule has 1 aromatic carbocycles. The Hall–Kier alpha value is -1.30. The van der Waals surface area contributed by atoms with Gasteiger partial charge in [0, 0.05) is 24.2 Å². The molecule has 25 heavy (non-hydrogen) atoms. The van der Waals surface area contributed by atoms with Gasteiger partial charge in [0.1, 0.15) is 6.10 Å². The first-order chi connectivity index (χ1) is 12.0. The number of ether oxygens (including phenoxy) is 1. The van der Waals surface area contributed by atoms with E-state index in [9.17, 15) is 10.2 Å². The highest BCUT2D eigenvalue weighted by Crippen LogP contribution is 2.65. The van der Waals surface area contributed by atoms with Gasteiger partial charge < -0.3 is 20.7 Å². The summed E-state index contributed by atoms with van der Waals surface area (Å²) >= 11 is 0. The second-order valence-corrected chi connectivity index (χ2v) is 8.99. The number of hydrogen-bond acceptors (Lipinski definition) is 5. The molecule has 1 spiro atoms. The molecular formula is C20H26N2O3. The van der Waals surface area contributed by atoms with Gasteiger partial charge in [-0.3, -0.25) is 4.90 Å². The van der Waals surface area contributed by atoms with Crippen LogP contribution in [0.5, 0.6) is 11.5 Å². The summed E-state index contributed by atoms with van der Waals surface area (Å²) in [4.78, 5) is 2.55. The zero-order valence-corrected chi connectivity index (χ0v) is 14.4. The minimum Gasteiger partial charge on any atom is -0.504 e. The molecule has 5 nitrogen and oxygen atoms in total. The molecular weight excluding hydrogens is 316 g/mol. The van der Waals surface area contributed by atoms with E-state index in [1.807, 2.05) is 6.07 Å². The molecule has 1 aromatic rings. The Morgan fingerprint density at radius 2 is 2.08 bits per heavy atom. The summed E-state index contributed by atoms with van der Waals surface area (Å²) in [6, 6.07) is 3.84. The SMILES string of the molecule is NC1CC[C@]2(O)[C@@H]3Cc4ccc(O)c5c4C2(CCN3CC2CC2)C1O5. The number of phenolic OH excluding ortho intramolecular Hbond substituents is 1. The van der Waals surface area contributed by atoms with E-state index in [1.54, 1.807) is 6.07 Å². The van der Waals surface area contributed by atoms with Crippen LogP contribution in [0.3, 0.4) is 0 Å². The minimum absolute atomic E-state index is 0.0892. The quantitative estimate of drug-likeness (QED) is 0.755. The van der Waals surface area contributed by atoms with Crippen LogP contribution in [0.1, 0.15) is 43.2 Å². The molecule has 2 aliphatic heterocycles. The van der Waals surface area contributed by atoms with Crippen molar-refractivity contribution < 1.29 is 14.9 Å². The molecule has 4 N–H and O–H groups in total. The molecule has 134 valence electrons. The molecule has 5 aliphatic rings. The van der Waals surface area contributed by atoms with Crippen molar-refractivity contribution >= 4 is 0 Å². The topological polar surface area (TPSA) is 79.0 Å². The van der Waals surface area contributed by atoms with Crippen molar-refractivity contribution in [3.63, 3.8) is 0 Å². The van der Waals surface area contributed by atoms with Gasteiger partial charge in [0.05, 0.1) is 11.0 Å². The number of benzene rings is 1. The monoisotopic (exact) mass is 342 g/mol. The average molecular weight is 342 g/mol. The molecule has 0 amide bonds. The van der Waals surface area contributed by atoms with Crippen LogP contribution in [0.15, 0.2) is 12.1 Å². The molecule has 2 bridgehead atoms. The van der Waals surface area contributed by atoms with Crippen molar-refractivity contribution in [3.05, 3.63) is 23.3 Å². The third kappa shape index (κ3) is 1.61. The molecule has 2 saturated carbocycles. The van der Waals surface area contributed by atoms with Gasteiger partial charge in [0.25, 0.3) is 0 Å². The van der Waals surface area contributed by atoms with E-state index >= 15 is 0 Å². The molecule has 2 heterocycles. The number of nitrogens with zero attached hydrogens (tertiary/aromatic N) is 1. The summed E-state index contributed by atoms with van der Waals surface area (Å²) in [7, 11) is 0. The van der Waals surface area contributed by atoms with Gasteiger partial charge in [0.2, 0.25) is 0 Å². The number of aromatic hydroxyl groups is 1. The van der Waals surface area contributed by atoms with Crippen molar-refractivity contribution in [2.75, 3.05) is 13.1 Å². The van der Waals surface area contributed by atoms with Crippen LogP contribution >= 0.6 is 0 Å². The Bertz CT molecular complexity index is 764. The molecule has 5 atom stereocenters. The first-order valence-electron chi connectivity index (χ1n) is 9.78. The fourth-order valence-corrected chi connectivity index (χ4v) is 6.52. The molecule has 3 unspecified atom stereocenters. The zero-order chi connectivity index (χ0) is 17.0. The van der Waals surface area contributed by atoms with Crippen molar-refractivity contribution in [1.29, 1.82) is 0 Å². The maximum absolute atomic E-state index is 12.1. The Morgan fingerprint density at radius 3 is 2.88 bits per heavy atom. The summed E-state index contributed by atoms with van der Waals surface area (Å²) < 4.78 is 6.26. The van der Waals surface area contributed by atoms with E-state index in [4.69, 9.17) is 10.5 Å². The second kappa shape index (κ2) is 4.51. The lowest BCUT2D eigenvalue weighted by molar-refractivity contribution is -0.189. The highest BCUT2D eigenvalue weighted by Gasteiger charge is 2.72. The summed E-state index contributed by atoms with van der Waals surface area (Å²) in [5.41, 5.74) is 7.53. The van der Waals surface area contributed by atoms with E-state index in [0.717, 1.165) is 50.3 Å². The number of hydrogen-bond donors (Lipinski definition) is 3. The van der Waals surface area contributed by atoms with Crippen LogP contribution in [0.25, 0.3) is 0 Å². The Kier molecular flexibility index (Phi) is 2.67. The number of aliphatic hydroxyl groups is 1. The summed E-state index contributed by atoms with van der Waals surface area (Å²) in [6.45, 7) is 2.10. The highest BCUT2D eigenvalue weighted by atomic mass is 16.5. The fourth-order valence-electron chi connectivity index (χ4n) is 6.52. The minimum atomic E-state index is -0.799. The van der Waals surface area contributed by atoms with Crippen LogP contribution in [0.4, 0.5) is 0 Å². The van der Waals surface area contributed by atoms with E-state index in [2.05, 4.69) is 4.90 Å². The Balaban J connectivity index is 1.57. The average Bonchev–Trinajstić information content (AvgIpc) is 3.32. The normalized spacial score (nSPS) is 44.3. The predicted octanol–water partition coefficient (Wildman–Crippen LogP) is 1.28. The van der Waals surface area contributed by atoms with Crippen molar-refractivity contribution in [2.45, 2.75) is 67.7 Å². The molecule has 0 radical (unpaired) electrons. The summed E-state index contributed by atoms with van der Waals surface area (Å²) in [5.74, 6) is 1.60. The van der Waals surface area contributed by atoms with Gasteiger partial charge in [-0.25, -0.2) is 0 Å². The first kappa shape index (κ1) is 14.8. The van der Waals surface area contributed by atoms with E-state index in [-0.39, 0.29) is 23.9 Å². The molecule has 3 aliphatic carbocycles. The van der Waals surface area contributed by atoms with Crippen LogP contribution in [0, 0.1) is 5.92 Å². The van der Waals surface area contributed by atoms with E-state index in [1.165, 1.54) is 18.4 Å². The van der Waals surface area contributed by atoms with Gasteiger partial charge >= 0.3 is 0 Å². The summed E-state index contributed by atoms with van der Waals surface area (Å²) in [6.07, 6.45) is 5.66. The standard InChI is InChI=1S/C20H26N2O3/c21-13-5-6-20(24)15-9-12-3-4-14(23)17-16(12)19(20,18(13)25-17)7-8-22(15)10-11-1-2-11/h3-4,11,13,15,18,23-24H,1-2,5-10,21H2/t13?,15-,18?,19?,20-/m0/s1. The van der Waals surface area contributed by atoms with Gasteiger partial charge in [-0.05, 0) is 62.6 Å². The highest BCUT2D eigenvalue weighted by molar-refractivity contribution is 5.62. The molecule has 1 saturated heterocycles. The number of piperidine rings is 1. The van der Waals surface area contributed by atoms with Crippen molar-refractivity contribution in [2.24, 2.45) is 11.7 Å². The number of rotatable bonds is 2. The lowest BCUT2D eigenvalue weighted by Gasteiger charge is -2.64. The number of nitrogens with two attached hydrogens (primary N) is 1. The largest absolute Gasteiger partial charge is 0.504 e. The molecule has 3 fully saturated rings. The van der Waals surface area contributed by atoms with Crippen LogP contribution in [0.2, 0.25) is 0 Å². The maximum atomic E-state index is 12.1. The molecule has 0 aromatic heterocycles. The number of likely N-dealkylation sites (tertiary alicyclic amines) is 1. The van der Waals surface area contributed by atoms with E-state index in [0.29, 0.717) is 5.75 Å². The lowest BCUT2D eigenvalue weighted by atomic mass is 9.48. The van der Waals surface area contributed by atoms with E-state index < -0.39 is 11.0 Å². The third-order valence-corrected chi connectivity index (χ3v) is 7.81. The smallest absolute Gasteiger partial charge is 0.165 e. The predicted molar refractivity (Wildman–Crippen MR) is 92.8 cm³/mol.